The first-order chi connectivity index (χ1) is 9.10. The van der Waals surface area contributed by atoms with E-state index in [0.717, 1.165) is 18.9 Å². The van der Waals surface area contributed by atoms with Crippen LogP contribution in [0.15, 0.2) is 4.99 Å². The van der Waals surface area contributed by atoms with Gasteiger partial charge in [-0.2, -0.15) is 0 Å². The fourth-order valence-electron chi connectivity index (χ4n) is 1.43. The Morgan fingerprint density at radius 1 is 1.32 bits per heavy atom. The number of ether oxygens (including phenoxy) is 1. The molecule has 112 valence electrons. The molecule has 1 amide bonds. The van der Waals surface area contributed by atoms with Crippen LogP contribution in [0.25, 0.3) is 0 Å². The number of methoxy groups -OCH3 is 1. The van der Waals surface area contributed by atoms with E-state index < -0.39 is 0 Å². The first-order valence-electron chi connectivity index (χ1n) is 6.90. The maximum Gasteiger partial charge on any atom is 0.221 e. The van der Waals surface area contributed by atoms with Crippen molar-refractivity contribution in [3.05, 3.63) is 0 Å². The fraction of sp³-hybridized carbons (Fsp3) is 0.846. The minimum Gasteiger partial charge on any atom is -0.385 e. The van der Waals surface area contributed by atoms with Crippen molar-refractivity contribution >= 4 is 11.9 Å². The van der Waals surface area contributed by atoms with Gasteiger partial charge >= 0.3 is 0 Å². The zero-order valence-electron chi connectivity index (χ0n) is 12.6. The molecule has 0 aliphatic heterocycles. The lowest BCUT2D eigenvalue weighted by Crippen LogP contribution is -2.40. The monoisotopic (exact) mass is 272 g/mol. The lowest BCUT2D eigenvalue weighted by atomic mass is 10.3. The van der Waals surface area contributed by atoms with Gasteiger partial charge < -0.3 is 20.7 Å². The number of hydrogen-bond acceptors (Lipinski definition) is 3. The molecule has 6 heteroatoms. The van der Waals surface area contributed by atoms with Gasteiger partial charge in [-0.1, -0.05) is 0 Å². The van der Waals surface area contributed by atoms with E-state index >= 15 is 0 Å². The van der Waals surface area contributed by atoms with E-state index in [2.05, 4.69) is 20.9 Å². The number of carbonyl (C=O) groups is 1. The van der Waals surface area contributed by atoms with Crippen LogP contribution in [0.4, 0.5) is 0 Å². The van der Waals surface area contributed by atoms with E-state index in [1.165, 1.54) is 0 Å². The van der Waals surface area contributed by atoms with E-state index in [4.69, 9.17) is 4.74 Å². The van der Waals surface area contributed by atoms with E-state index in [1.807, 2.05) is 20.8 Å². The van der Waals surface area contributed by atoms with Crippen molar-refractivity contribution in [3.8, 4) is 0 Å². The molecular weight excluding hydrogens is 244 g/mol. The first-order valence-corrected chi connectivity index (χ1v) is 6.90. The maximum atomic E-state index is 11.5. The Morgan fingerprint density at radius 3 is 2.63 bits per heavy atom. The highest BCUT2D eigenvalue weighted by molar-refractivity contribution is 5.81. The molecule has 0 aromatic carbocycles. The van der Waals surface area contributed by atoms with E-state index in [0.29, 0.717) is 26.1 Å². The molecule has 3 N–H and O–H groups in total. The zero-order chi connectivity index (χ0) is 14.5. The van der Waals surface area contributed by atoms with Gasteiger partial charge in [0.25, 0.3) is 0 Å². The van der Waals surface area contributed by atoms with Crippen molar-refractivity contribution in [2.75, 3.05) is 33.4 Å². The summed E-state index contributed by atoms with van der Waals surface area (Å²) in [7, 11) is 1.68. The molecule has 0 radical (unpaired) electrons. The lowest BCUT2D eigenvalue weighted by molar-refractivity contribution is -0.121. The summed E-state index contributed by atoms with van der Waals surface area (Å²) in [4.78, 5) is 15.9. The fourth-order valence-corrected chi connectivity index (χ4v) is 1.43. The second-order valence-electron chi connectivity index (χ2n) is 4.51. The van der Waals surface area contributed by atoms with Crippen LogP contribution in [0, 0.1) is 0 Å². The van der Waals surface area contributed by atoms with Crippen molar-refractivity contribution in [3.63, 3.8) is 0 Å². The van der Waals surface area contributed by atoms with Crippen molar-refractivity contribution in [2.24, 2.45) is 4.99 Å². The predicted octanol–water partition coefficient (Wildman–Crippen LogP) is 0.493. The number of rotatable bonds is 9. The molecule has 0 saturated carbocycles. The predicted molar refractivity (Wildman–Crippen MR) is 78.4 cm³/mol. The highest BCUT2D eigenvalue weighted by Crippen LogP contribution is 1.85. The van der Waals surface area contributed by atoms with Crippen LogP contribution in [0.3, 0.4) is 0 Å². The van der Waals surface area contributed by atoms with Crippen LogP contribution in [-0.2, 0) is 9.53 Å². The van der Waals surface area contributed by atoms with E-state index in [1.54, 1.807) is 7.11 Å². The molecule has 0 aromatic rings. The third kappa shape index (κ3) is 11.5. The number of aliphatic imine (C=N–C) groups is 1. The third-order valence-corrected chi connectivity index (χ3v) is 2.21. The first kappa shape index (κ1) is 17.7. The minimum atomic E-state index is 0.0535. The number of amides is 1. The van der Waals surface area contributed by atoms with E-state index in [9.17, 15) is 4.79 Å². The van der Waals surface area contributed by atoms with Crippen LogP contribution in [0.5, 0.6) is 0 Å². The van der Waals surface area contributed by atoms with Crippen molar-refractivity contribution < 1.29 is 9.53 Å². The minimum absolute atomic E-state index is 0.0535. The number of carbonyl (C=O) groups excluding carboxylic acids is 1. The van der Waals surface area contributed by atoms with Gasteiger partial charge in [0, 0.05) is 45.8 Å². The quantitative estimate of drug-likeness (QED) is 0.324. The van der Waals surface area contributed by atoms with Crippen LogP contribution >= 0.6 is 0 Å². The largest absolute Gasteiger partial charge is 0.385 e. The maximum absolute atomic E-state index is 11.5. The van der Waals surface area contributed by atoms with Crippen LogP contribution in [-0.4, -0.2) is 51.3 Å². The molecule has 19 heavy (non-hydrogen) atoms. The van der Waals surface area contributed by atoms with Crippen molar-refractivity contribution in [1.29, 1.82) is 0 Å². The second-order valence-corrected chi connectivity index (χ2v) is 4.51. The van der Waals surface area contributed by atoms with Crippen LogP contribution in [0.1, 0.15) is 33.6 Å². The molecule has 0 spiro atoms. The van der Waals surface area contributed by atoms with E-state index in [-0.39, 0.29) is 11.9 Å². The van der Waals surface area contributed by atoms with Gasteiger partial charge in [-0.3, -0.25) is 9.79 Å². The number of hydrogen-bond donors (Lipinski definition) is 3. The Balaban J connectivity index is 3.89. The highest BCUT2D eigenvalue weighted by atomic mass is 16.5. The summed E-state index contributed by atoms with van der Waals surface area (Å²) in [5.41, 5.74) is 0. The van der Waals surface area contributed by atoms with Crippen LogP contribution in [0.2, 0.25) is 0 Å². The Labute approximate surface area is 116 Å². The summed E-state index contributed by atoms with van der Waals surface area (Å²) < 4.78 is 4.97. The number of guanidine groups is 1. The van der Waals surface area contributed by atoms with Gasteiger partial charge in [0.2, 0.25) is 5.91 Å². The van der Waals surface area contributed by atoms with Crippen molar-refractivity contribution in [1.82, 2.24) is 16.0 Å². The van der Waals surface area contributed by atoms with Crippen molar-refractivity contribution in [2.45, 2.75) is 39.7 Å². The van der Waals surface area contributed by atoms with Gasteiger partial charge in [0.15, 0.2) is 5.96 Å². The average Bonchev–Trinajstić information content (AvgIpc) is 2.33. The average molecular weight is 272 g/mol. The normalized spacial score (nSPS) is 11.5. The Hall–Kier alpha value is -1.30. The molecule has 0 atom stereocenters. The number of nitrogens with one attached hydrogen (secondary N) is 3. The molecule has 0 aliphatic rings. The molecule has 6 nitrogen and oxygen atoms in total. The van der Waals surface area contributed by atoms with Gasteiger partial charge in [0.1, 0.15) is 0 Å². The Morgan fingerprint density at radius 2 is 2.05 bits per heavy atom. The third-order valence-electron chi connectivity index (χ3n) is 2.21. The molecular formula is C13H28N4O2. The summed E-state index contributed by atoms with van der Waals surface area (Å²) >= 11 is 0. The molecule has 0 saturated heterocycles. The molecule has 0 rings (SSSR count). The molecule has 0 unspecified atom stereocenters. The molecule has 0 bridgehead atoms. The molecule has 0 heterocycles. The summed E-state index contributed by atoms with van der Waals surface area (Å²) in [5.74, 6) is 0.800. The zero-order valence-corrected chi connectivity index (χ0v) is 12.6. The lowest BCUT2D eigenvalue weighted by Gasteiger charge is -2.12. The standard InChI is InChI=1S/C13H28N4O2/c1-5-14-13(15-8-6-10-19-4)16-9-7-12(18)17-11(2)3/h11H,5-10H2,1-4H3,(H,17,18)(H2,14,15,16). The second kappa shape index (κ2) is 11.8. The van der Waals surface area contributed by atoms with Gasteiger partial charge in [-0.05, 0) is 27.2 Å². The highest BCUT2D eigenvalue weighted by Gasteiger charge is 2.03. The summed E-state index contributed by atoms with van der Waals surface area (Å²) in [5, 5.41) is 9.13. The van der Waals surface area contributed by atoms with Gasteiger partial charge in [0.05, 0.1) is 0 Å². The molecule has 0 aliphatic carbocycles. The van der Waals surface area contributed by atoms with Gasteiger partial charge in [-0.15, -0.1) is 0 Å². The topological polar surface area (TPSA) is 74.8 Å². The number of nitrogens with zero attached hydrogens (tertiary/aromatic N) is 1. The van der Waals surface area contributed by atoms with Crippen LogP contribution < -0.4 is 16.0 Å². The Kier molecular flexibility index (Phi) is 11.0. The van der Waals surface area contributed by atoms with Gasteiger partial charge in [-0.25, -0.2) is 0 Å². The smallest absolute Gasteiger partial charge is 0.221 e. The SMILES string of the molecule is CCNC(=NCCCOC)NCCC(=O)NC(C)C. The summed E-state index contributed by atoms with van der Waals surface area (Å²) in [6.07, 6.45) is 1.33. The summed E-state index contributed by atoms with van der Waals surface area (Å²) in [6, 6.07) is 0.184. The molecule has 0 fully saturated rings. The molecule has 0 aromatic heterocycles. The Bertz CT molecular complexity index is 267. The summed E-state index contributed by atoms with van der Waals surface area (Å²) in [6.45, 7) is 8.71.